The molecule has 0 atom stereocenters. The van der Waals surface area contributed by atoms with Crippen molar-refractivity contribution in [3.05, 3.63) is 59.3 Å². The Hall–Kier alpha value is -2.89. The number of aryl methyl sites for hydroxylation is 1. The minimum Gasteiger partial charge on any atom is -0.497 e. The Morgan fingerprint density at radius 2 is 1.91 bits per heavy atom. The number of ether oxygens (including phenoxy) is 1. The smallest absolute Gasteiger partial charge is 0.258 e. The highest BCUT2D eigenvalue weighted by atomic mass is 19.2. The summed E-state index contributed by atoms with van der Waals surface area (Å²) in [5.41, 5.74) is 2.08. The quantitative estimate of drug-likeness (QED) is 0.767. The molecule has 6 heteroatoms. The lowest BCUT2D eigenvalue weighted by Gasteiger charge is -2.06. The minimum absolute atomic E-state index is 0.186. The van der Waals surface area contributed by atoms with Crippen molar-refractivity contribution >= 4 is 22.5 Å². The topological polar surface area (TPSA) is 54.1 Å². The molecule has 0 aliphatic rings. The molecule has 1 aromatic heterocycles. The van der Waals surface area contributed by atoms with Crippen LogP contribution in [0, 0.1) is 18.6 Å². The first-order valence-corrected chi connectivity index (χ1v) is 6.92. The summed E-state index contributed by atoms with van der Waals surface area (Å²) in [6.45, 7) is 1.77. The number of halogens is 2. The summed E-state index contributed by atoms with van der Waals surface area (Å²) in [5, 5.41) is 3.27. The van der Waals surface area contributed by atoms with Gasteiger partial charge in [-0.1, -0.05) is 0 Å². The highest BCUT2D eigenvalue weighted by molar-refractivity contribution is 6.14. The summed E-state index contributed by atoms with van der Waals surface area (Å²) in [6, 6.07) is 8.57. The van der Waals surface area contributed by atoms with Gasteiger partial charge in [-0.25, -0.2) is 8.78 Å². The molecule has 2 N–H and O–H groups in total. The van der Waals surface area contributed by atoms with E-state index in [-0.39, 0.29) is 5.69 Å². The predicted molar refractivity (Wildman–Crippen MR) is 83.9 cm³/mol. The molecule has 4 nitrogen and oxygen atoms in total. The van der Waals surface area contributed by atoms with E-state index in [1.807, 2.05) is 6.07 Å². The average Bonchev–Trinajstić information content (AvgIpc) is 2.85. The van der Waals surface area contributed by atoms with Crippen molar-refractivity contribution < 1.29 is 18.3 Å². The fourth-order valence-corrected chi connectivity index (χ4v) is 2.49. The van der Waals surface area contributed by atoms with Gasteiger partial charge in [0.25, 0.3) is 5.91 Å². The van der Waals surface area contributed by atoms with Crippen molar-refractivity contribution in [1.82, 2.24) is 4.98 Å². The summed E-state index contributed by atoms with van der Waals surface area (Å²) in [7, 11) is 1.54. The molecule has 0 radical (unpaired) electrons. The maximum absolute atomic E-state index is 13.3. The number of carbonyl (C=O) groups excluding carboxylic acids is 1. The number of amides is 1. The Bertz CT molecular complexity index is 903. The molecule has 0 saturated carbocycles. The largest absolute Gasteiger partial charge is 0.497 e. The van der Waals surface area contributed by atoms with Crippen molar-refractivity contribution in [2.75, 3.05) is 12.4 Å². The number of aromatic nitrogens is 1. The van der Waals surface area contributed by atoms with Crippen LogP contribution in [0.2, 0.25) is 0 Å². The Morgan fingerprint density at radius 1 is 1.13 bits per heavy atom. The van der Waals surface area contributed by atoms with Gasteiger partial charge >= 0.3 is 0 Å². The first-order chi connectivity index (χ1) is 11.0. The number of H-pyrrole nitrogens is 1. The Kier molecular flexibility index (Phi) is 3.73. The molecule has 1 amide bonds. The number of hydrogen-bond acceptors (Lipinski definition) is 2. The molecule has 0 unspecified atom stereocenters. The van der Waals surface area contributed by atoms with Crippen LogP contribution >= 0.6 is 0 Å². The number of carbonyl (C=O) groups is 1. The van der Waals surface area contributed by atoms with E-state index in [0.29, 0.717) is 22.4 Å². The van der Waals surface area contributed by atoms with Gasteiger partial charge in [-0.05, 0) is 37.3 Å². The molecule has 2 aromatic carbocycles. The van der Waals surface area contributed by atoms with E-state index >= 15 is 0 Å². The van der Waals surface area contributed by atoms with Crippen LogP contribution in [0.5, 0.6) is 5.75 Å². The zero-order chi connectivity index (χ0) is 16.6. The molecule has 0 saturated heterocycles. The van der Waals surface area contributed by atoms with Gasteiger partial charge in [-0.15, -0.1) is 0 Å². The molecule has 0 fully saturated rings. The standard InChI is InChI=1S/C17H14F2N2O2/c1-9-16(12-8-11(23-2)4-6-15(12)20-9)17(22)21-10-3-5-13(18)14(19)7-10/h3-8,20H,1-2H3,(H,21,22). The number of hydrogen-bond donors (Lipinski definition) is 2. The molecule has 3 rings (SSSR count). The molecule has 0 aliphatic carbocycles. The lowest BCUT2D eigenvalue weighted by atomic mass is 10.1. The van der Waals surface area contributed by atoms with Gasteiger partial charge in [0.2, 0.25) is 0 Å². The first kappa shape index (κ1) is 15.0. The van der Waals surface area contributed by atoms with Crippen molar-refractivity contribution in [2.24, 2.45) is 0 Å². The van der Waals surface area contributed by atoms with Crippen LogP contribution in [0.3, 0.4) is 0 Å². The fourth-order valence-electron chi connectivity index (χ4n) is 2.49. The number of benzene rings is 2. The summed E-state index contributed by atoms with van der Waals surface area (Å²) in [6.07, 6.45) is 0. The summed E-state index contributed by atoms with van der Waals surface area (Å²) in [4.78, 5) is 15.6. The van der Waals surface area contributed by atoms with E-state index in [1.165, 1.54) is 6.07 Å². The number of methoxy groups -OCH3 is 1. The van der Waals surface area contributed by atoms with Crippen LogP contribution in [0.25, 0.3) is 10.9 Å². The Morgan fingerprint density at radius 3 is 2.61 bits per heavy atom. The number of fused-ring (bicyclic) bond motifs is 1. The molecule has 3 aromatic rings. The third kappa shape index (κ3) is 2.75. The van der Waals surface area contributed by atoms with Gasteiger partial charge in [0.15, 0.2) is 11.6 Å². The number of rotatable bonds is 3. The fraction of sp³-hybridized carbons (Fsp3) is 0.118. The predicted octanol–water partition coefficient (Wildman–Crippen LogP) is 4.02. The minimum atomic E-state index is -1.01. The Balaban J connectivity index is 1.99. The van der Waals surface area contributed by atoms with E-state index in [9.17, 15) is 13.6 Å². The van der Waals surface area contributed by atoms with Crippen LogP contribution in [0.1, 0.15) is 16.1 Å². The molecule has 118 valence electrons. The van der Waals surface area contributed by atoms with Gasteiger partial charge in [0.05, 0.1) is 12.7 Å². The zero-order valence-electron chi connectivity index (χ0n) is 12.5. The van der Waals surface area contributed by atoms with Gasteiger partial charge in [0, 0.05) is 28.4 Å². The van der Waals surface area contributed by atoms with Crippen LogP contribution in [-0.4, -0.2) is 18.0 Å². The number of nitrogens with one attached hydrogen (secondary N) is 2. The maximum Gasteiger partial charge on any atom is 0.258 e. The summed E-state index contributed by atoms with van der Waals surface area (Å²) >= 11 is 0. The number of anilines is 1. The molecular formula is C17H14F2N2O2. The van der Waals surface area contributed by atoms with Crippen LogP contribution in [0.15, 0.2) is 36.4 Å². The third-order valence-electron chi connectivity index (χ3n) is 3.60. The van der Waals surface area contributed by atoms with E-state index in [4.69, 9.17) is 4.74 Å². The van der Waals surface area contributed by atoms with Crippen LogP contribution in [0.4, 0.5) is 14.5 Å². The molecule has 23 heavy (non-hydrogen) atoms. The second kappa shape index (κ2) is 5.72. The van der Waals surface area contributed by atoms with Crippen LogP contribution in [-0.2, 0) is 0 Å². The van der Waals surface area contributed by atoms with E-state index < -0.39 is 17.5 Å². The summed E-state index contributed by atoms with van der Waals surface area (Å²) in [5.74, 6) is -1.76. The summed E-state index contributed by atoms with van der Waals surface area (Å²) < 4.78 is 31.4. The first-order valence-electron chi connectivity index (χ1n) is 6.92. The van der Waals surface area contributed by atoms with Gasteiger partial charge < -0.3 is 15.0 Å². The zero-order valence-corrected chi connectivity index (χ0v) is 12.5. The van der Waals surface area contributed by atoms with Gasteiger partial charge in [-0.3, -0.25) is 4.79 Å². The maximum atomic E-state index is 13.3. The van der Waals surface area contributed by atoms with Gasteiger partial charge in [0.1, 0.15) is 5.75 Å². The van der Waals surface area contributed by atoms with Crippen molar-refractivity contribution in [2.45, 2.75) is 6.92 Å². The average molecular weight is 316 g/mol. The molecule has 0 aliphatic heterocycles. The van der Waals surface area contributed by atoms with Crippen LogP contribution < -0.4 is 10.1 Å². The van der Waals surface area contributed by atoms with Crippen molar-refractivity contribution in [1.29, 1.82) is 0 Å². The van der Waals surface area contributed by atoms with Crippen molar-refractivity contribution in [3.8, 4) is 5.75 Å². The molecule has 0 spiro atoms. The van der Waals surface area contributed by atoms with E-state index in [2.05, 4.69) is 10.3 Å². The number of aromatic amines is 1. The molecule has 1 heterocycles. The highest BCUT2D eigenvalue weighted by Gasteiger charge is 2.17. The van der Waals surface area contributed by atoms with Gasteiger partial charge in [-0.2, -0.15) is 0 Å². The molecule has 0 bridgehead atoms. The third-order valence-corrected chi connectivity index (χ3v) is 3.60. The lowest BCUT2D eigenvalue weighted by Crippen LogP contribution is -2.13. The van der Waals surface area contributed by atoms with E-state index in [0.717, 1.165) is 17.6 Å². The normalized spacial score (nSPS) is 10.8. The van der Waals surface area contributed by atoms with E-state index in [1.54, 1.807) is 26.2 Å². The SMILES string of the molecule is COc1ccc2[nH]c(C)c(C(=O)Nc3ccc(F)c(F)c3)c2c1. The highest BCUT2D eigenvalue weighted by Crippen LogP contribution is 2.27. The molecular weight excluding hydrogens is 302 g/mol. The monoisotopic (exact) mass is 316 g/mol. The lowest BCUT2D eigenvalue weighted by molar-refractivity contribution is 0.102. The van der Waals surface area contributed by atoms with Crippen molar-refractivity contribution in [3.63, 3.8) is 0 Å². The second-order valence-electron chi connectivity index (χ2n) is 5.12. The second-order valence-corrected chi connectivity index (χ2v) is 5.12. The Labute approximate surface area is 131 Å².